The molecule has 0 radical (unpaired) electrons. The molecule has 1 unspecified atom stereocenters. The van der Waals surface area contributed by atoms with Crippen molar-refractivity contribution < 1.29 is 26.7 Å². The maximum absolute atomic E-state index is 14.0. The summed E-state index contributed by atoms with van der Waals surface area (Å²) in [6.07, 6.45) is -4.62. The van der Waals surface area contributed by atoms with Crippen LogP contribution in [0.1, 0.15) is 5.56 Å². The Morgan fingerprint density at radius 2 is 1.68 bits per heavy atom. The van der Waals surface area contributed by atoms with Crippen molar-refractivity contribution in [2.75, 3.05) is 32.7 Å². The number of alkyl halides is 5. The highest BCUT2D eigenvalue weighted by Crippen LogP contribution is 2.29. The number of amides is 1. The molecule has 0 aliphatic carbocycles. The molecule has 0 saturated carbocycles. The molecule has 2 N–H and O–H groups in total. The van der Waals surface area contributed by atoms with Gasteiger partial charge in [0.2, 0.25) is 0 Å². The molecule has 1 saturated heterocycles. The van der Waals surface area contributed by atoms with Crippen molar-refractivity contribution in [1.82, 2.24) is 15.5 Å². The molecule has 0 spiro atoms. The van der Waals surface area contributed by atoms with Crippen molar-refractivity contribution in [2.45, 2.75) is 18.1 Å². The van der Waals surface area contributed by atoms with E-state index in [-0.39, 0.29) is 25.5 Å². The molecule has 0 bridgehead atoms. The monoisotopic (exact) mass is 387 g/mol. The van der Waals surface area contributed by atoms with E-state index in [2.05, 4.69) is 5.32 Å². The summed E-state index contributed by atoms with van der Waals surface area (Å²) in [5.74, 6) is -5.63. The molecule has 10 heteroatoms. The lowest BCUT2D eigenvalue weighted by Gasteiger charge is -2.36. The van der Waals surface area contributed by atoms with Gasteiger partial charge in [0.1, 0.15) is 6.04 Å². The first-order valence-electron chi connectivity index (χ1n) is 7.46. The summed E-state index contributed by atoms with van der Waals surface area (Å²) < 4.78 is 67.6. The van der Waals surface area contributed by atoms with Gasteiger partial charge in [0.15, 0.2) is 0 Å². The van der Waals surface area contributed by atoms with E-state index in [0.29, 0.717) is 13.1 Å². The molecular formula is C15H19ClF5N3O. The van der Waals surface area contributed by atoms with Gasteiger partial charge in [-0.05, 0) is 0 Å². The quantitative estimate of drug-likeness (QED) is 0.761. The van der Waals surface area contributed by atoms with Crippen LogP contribution in [0, 0.1) is 0 Å². The normalized spacial score (nSPS) is 17.5. The van der Waals surface area contributed by atoms with E-state index in [1.165, 1.54) is 18.2 Å². The van der Waals surface area contributed by atoms with E-state index in [1.807, 2.05) is 0 Å². The van der Waals surface area contributed by atoms with Gasteiger partial charge in [0, 0.05) is 38.3 Å². The number of nitrogens with one attached hydrogen (secondary N) is 2. The second-order valence-corrected chi connectivity index (χ2v) is 5.49. The summed E-state index contributed by atoms with van der Waals surface area (Å²) in [6, 6.07) is 4.27. The molecule has 1 aliphatic heterocycles. The predicted octanol–water partition coefficient (Wildman–Crippen LogP) is 2.15. The van der Waals surface area contributed by atoms with Gasteiger partial charge < -0.3 is 10.6 Å². The molecule has 1 amide bonds. The Kier molecular flexibility index (Phi) is 7.58. The summed E-state index contributed by atoms with van der Waals surface area (Å²) in [4.78, 5) is 12.9. The standard InChI is InChI=1S/C15H18F5N3O.ClH/c16-14(17,11-4-2-1-3-5-11)13(24)22-10-12(15(18,19)20)23-8-6-21-7-9-23;/h1-5,12,21H,6-10H2,(H,22,24);1H. The zero-order valence-corrected chi connectivity index (χ0v) is 14.0. The SMILES string of the molecule is Cl.O=C(NCC(N1CCNCC1)C(F)(F)F)C(F)(F)c1ccccc1. The van der Waals surface area contributed by atoms with Gasteiger partial charge in [0.25, 0.3) is 5.91 Å². The first-order chi connectivity index (χ1) is 11.2. The number of carbonyl (C=O) groups excluding carboxylic acids is 1. The summed E-state index contributed by atoms with van der Waals surface area (Å²) in [5.41, 5.74) is -0.562. The average molecular weight is 388 g/mol. The van der Waals surface area contributed by atoms with E-state index in [4.69, 9.17) is 0 Å². The average Bonchev–Trinajstić information content (AvgIpc) is 2.55. The fourth-order valence-corrected chi connectivity index (χ4v) is 2.52. The first-order valence-corrected chi connectivity index (χ1v) is 7.46. The molecule has 142 valence electrons. The molecule has 25 heavy (non-hydrogen) atoms. The minimum atomic E-state index is -4.62. The fraction of sp³-hybridized carbons (Fsp3) is 0.533. The van der Waals surface area contributed by atoms with Gasteiger partial charge >= 0.3 is 12.1 Å². The summed E-state index contributed by atoms with van der Waals surface area (Å²) in [7, 11) is 0. The van der Waals surface area contributed by atoms with E-state index in [1.54, 1.807) is 5.32 Å². The molecule has 1 fully saturated rings. The van der Waals surface area contributed by atoms with Crippen molar-refractivity contribution in [1.29, 1.82) is 0 Å². The van der Waals surface area contributed by atoms with Crippen LogP contribution in [-0.4, -0.2) is 55.7 Å². The van der Waals surface area contributed by atoms with Crippen molar-refractivity contribution in [3.63, 3.8) is 0 Å². The Morgan fingerprint density at radius 1 is 1.12 bits per heavy atom. The smallest absolute Gasteiger partial charge is 0.349 e. The number of benzene rings is 1. The van der Waals surface area contributed by atoms with Crippen molar-refractivity contribution >= 4 is 18.3 Å². The topological polar surface area (TPSA) is 44.4 Å². The van der Waals surface area contributed by atoms with Gasteiger partial charge in [-0.3, -0.25) is 9.69 Å². The molecule has 1 aromatic carbocycles. The van der Waals surface area contributed by atoms with E-state index in [9.17, 15) is 26.7 Å². The predicted molar refractivity (Wildman–Crippen MR) is 84.9 cm³/mol. The Labute approximate surface area is 148 Å². The number of rotatable bonds is 5. The number of halogens is 6. The van der Waals surface area contributed by atoms with Crippen LogP contribution in [-0.2, 0) is 10.7 Å². The van der Waals surface area contributed by atoms with Crippen LogP contribution >= 0.6 is 12.4 Å². The first kappa shape index (κ1) is 21.6. The van der Waals surface area contributed by atoms with Crippen molar-refractivity contribution in [3.8, 4) is 0 Å². The molecule has 1 aliphatic rings. The summed E-state index contributed by atoms with van der Waals surface area (Å²) in [5, 5.41) is 4.67. The van der Waals surface area contributed by atoms with Crippen LogP contribution in [0.5, 0.6) is 0 Å². The largest absolute Gasteiger partial charge is 0.405 e. The number of hydrogen-bond donors (Lipinski definition) is 2. The zero-order valence-electron chi connectivity index (χ0n) is 13.2. The molecule has 4 nitrogen and oxygen atoms in total. The van der Waals surface area contributed by atoms with E-state index in [0.717, 1.165) is 17.0 Å². The Morgan fingerprint density at radius 3 is 2.20 bits per heavy atom. The highest BCUT2D eigenvalue weighted by atomic mass is 35.5. The van der Waals surface area contributed by atoms with Crippen LogP contribution in [0.2, 0.25) is 0 Å². The number of nitrogens with zero attached hydrogens (tertiary/aromatic N) is 1. The molecule has 1 atom stereocenters. The van der Waals surface area contributed by atoms with Crippen LogP contribution in [0.15, 0.2) is 30.3 Å². The minimum absolute atomic E-state index is 0. The lowest BCUT2D eigenvalue weighted by atomic mass is 10.1. The Balaban J connectivity index is 0.00000312. The van der Waals surface area contributed by atoms with Gasteiger partial charge in [-0.25, -0.2) is 0 Å². The van der Waals surface area contributed by atoms with Gasteiger partial charge in [-0.15, -0.1) is 12.4 Å². The third kappa shape index (κ3) is 5.52. The zero-order chi connectivity index (χ0) is 17.8. The van der Waals surface area contributed by atoms with Gasteiger partial charge in [-0.1, -0.05) is 30.3 Å². The van der Waals surface area contributed by atoms with E-state index < -0.39 is 36.2 Å². The number of hydrogen-bond acceptors (Lipinski definition) is 3. The van der Waals surface area contributed by atoms with Gasteiger partial charge in [0.05, 0.1) is 0 Å². The fourth-order valence-electron chi connectivity index (χ4n) is 2.52. The maximum Gasteiger partial charge on any atom is 0.405 e. The van der Waals surface area contributed by atoms with Crippen molar-refractivity contribution in [2.24, 2.45) is 0 Å². The third-order valence-electron chi connectivity index (χ3n) is 3.85. The van der Waals surface area contributed by atoms with E-state index >= 15 is 0 Å². The minimum Gasteiger partial charge on any atom is -0.349 e. The van der Waals surface area contributed by atoms with Gasteiger partial charge in [-0.2, -0.15) is 22.0 Å². The molecule has 0 aromatic heterocycles. The molecule has 2 rings (SSSR count). The molecule has 1 heterocycles. The highest BCUT2D eigenvalue weighted by Gasteiger charge is 2.46. The second kappa shape index (κ2) is 8.77. The van der Waals surface area contributed by atoms with Crippen LogP contribution in [0.4, 0.5) is 22.0 Å². The lowest BCUT2D eigenvalue weighted by Crippen LogP contribution is -2.58. The summed E-state index contributed by atoms with van der Waals surface area (Å²) in [6.45, 7) is 0.108. The molecule has 1 aromatic rings. The summed E-state index contributed by atoms with van der Waals surface area (Å²) >= 11 is 0. The van der Waals surface area contributed by atoms with Crippen LogP contribution < -0.4 is 10.6 Å². The molecular weight excluding hydrogens is 369 g/mol. The van der Waals surface area contributed by atoms with Crippen LogP contribution in [0.3, 0.4) is 0 Å². The number of piperazine rings is 1. The van der Waals surface area contributed by atoms with Crippen LogP contribution in [0.25, 0.3) is 0 Å². The highest BCUT2D eigenvalue weighted by molar-refractivity contribution is 5.85. The van der Waals surface area contributed by atoms with Crippen molar-refractivity contribution in [3.05, 3.63) is 35.9 Å². The Hall–Kier alpha value is -1.45. The maximum atomic E-state index is 14.0. The second-order valence-electron chi connectivity index (χ2n) is 5.49. The third-order valence-corrected chi connectivity index (χ3v) is 3.85. The number of carbonyl (C=O) groups is 1. The Bertz CT molecular complexity index is 550. The lowest BCUT2D eigenvalue weighted by molar-refractivity contribution is -0.185.